The number of carboxylic acid groups (broad SMARTS) is 1. The Morgan fingerprint density at radius 3 is 2.41 bits per heavy atom. The number of amides is 1. The van der Waals surface area contributed by atoms with Crippen LogP contribution in [0.5, 0.6) is 5.75 Å². The minimum absolute atomic E-state index is 0.235. The van der Waals surface area contributed by atoms with Crippen molar-refractivity contribution in [1.29, 1.82) is 0 Å². The fourth-order valence-electron chi connectivity index (χ4n) is 1.94. The summed E-state index contributed by atoms with van der Waals surface area (Å²) in [6.45, 7) is 1.17. The van der Waals surface area contributed by atoms with Crippen LogP contribution in [0.3, 0.4) is 0 Å². The predicted molar refractivity (Wildman–Crippen MR) is 82.6 cm³/mol. The Balaban J connectivity index is 2.05. The van der Waals surface area contributed by atoms with Crippen LogP contribution in [0, 0.1) is 0 Å². The van der Waals surface area contributed by atoms with Crippen molar-refractivity contribution < 1.29 is 19.4 Å². The molecule has 2 rings (SSSR count). The Morgan fingerprint density at radius 1 is 1.09 bits per heavy atom. The largest absolute Gasteiger partial charge is 0.483 e. The molecule has 0 saturated carbocycles. The fourth-order valence-corrected chi connectivity index (χ4v) is 1.94. The normalized spacial score (nSPS) is 11.5. The van der Waals surface area contributed by atoms with Crippen LogP contribution >= 0.6 is 0 Å². The standard InChI is InChI=1S/C17H17NO4/c1-12(17(20)21)18-16(19)11-22-15-10-6-5-9-14(15)13-7-3-2-4-8-13/h2-10,12H,11H2,1H3,(H,18,19)(H,20,21)/t12-/m1/s1. The molecule has 0 fully saturated rings. The van der Waals surface area contributed by atoms with Crippen molar-refractivity contribution >= 4 is 11.9 Å². The van der Waals surface area contributed by atoms with E-state index >= 15 is 0 Å². The molecule has 1 amide bonds. The van der Waals surface area contributed by atoms with Gasteiger partial charge in [-0.3, -0.25) is 9.59 Å². The number of hydrogen-bond acceptors (Lipinski definition) is 3. The van der Waals surface area contributed by atoms with Crippen molar-refractivity contribution in [3.8, 4) is 16.9 Å². The van der Waals surface area contributed by atoms with Gasteiger partial charge in [-0.2, -0.15) is 0 Å². The van der Waals surface area contributed by atoms with E-state index in [-0.39, 0.29) is 6.61 Å². The van der Waals surface area contributed by atoms with Crippen LogP contribution in [0.25, 0.3) is 11.1 Å². The zero-order valence-corrected chi connectivity index (χ0v) is 12.2. The number of hydrogen-bond donors (Lipinski definition) is 2. The van der Waals surface area contributed by atoms with Gasteiger partial charge in [-0.1, -0.05) is 48.5 Å². The van der Waals surface area contributed by atoms with E-state index in [1.807, 2.05) is 48.5 Å². The Bertz CT molecular complexity index is 655. The van der Waals surface area contributed by atoms with Crippen LogP contribution in [0.2, 0.25) is 0 Å². The third-order valence-electron chi connectivity index (χ3n) is 3.08. The average Bonchev–Trinajstić information content (AvgIpc) is 2.54. The van der Waals surface area contributed by atoms with Crippen LogP contribution in [-0.2, 0) is 9.59 Å². The summed E-state index contributed by atoms with van der Waals surface area (Å²) in [5.41, 5.74) is 1.86. The number of carbonyl (C=O) groups is 2. The highest BCUT2D eigenvalue weighted by Gasteiger charge is 2.14. The topological polar surface area (TPSA) is 75.6 Å². The molecule has 0 unspecified atom stereocenters. The van der Waals surface area contributed by atoms with E-state index in [1.54, 1.807) is 6.07 Å². The first-order chi connectivity index (χ1) is 10.6. The molecule has 5 nitrogen and oxygen atoms in total. The Morgan fingerprint density at radius 2 is 1.73 bits per heavy atom. The van der Waals surface area contributed by atoms with Crippen molar-refractivity contribution in [3.63, 3.8) is 0 Å². The molecule has 0 saturated heterocycles. The van der Waals surface area contributed by atoms with Gasteiger partial charge in [-0.25, -0.2) is 0 Å². The molecule has 114 valence electrons. The highest BCUT2D eigenvalue weighted by atomic mass is 16.5. The summed E-state index contributed by atoms with van der Waals surface area (Å²) in [6, 6.07) is 16.1. The summed E-state index contributed by atoms with van der Waals surface area (Å²) < 4.78 is 5.53. The van der Waals surface area contributed by atoms with Crippen molar-refractivity contribution in [2.75, 3.05) is 6.61 Å². The molecule has 0 aliphatic carbocycles. The van der Waals surface area contributed by atoms with Crippen LogP contribution < -0.4 is 10.1 Å². The monoisotopic (exact) mass is 299 g/mol. The third kappa shape index (κ3) is 4.09. The highest BCUT2D eigenvalue weighted by molar-refractivity contribution is 5.84. The number of carbonyl (C=O) groups excluding carboxylic acids is 1. The summed E-state index contributed by atoms with van der Waals surface area (Å²) in [4.78, 5) is 22.4. The number of ether oxygens (including phenoxy) is 1. The lowest BCUT2D eigenvalue weighted by molar-refractivity contribution is -0.141. The number of rotatable bonds is 6. The van der Waals surface area contributed by atoms with Gasteiger partial charge in [0.25, 0.3) is 5.91 Å². The summed E-state index contributed by atoms with van der Waals surface area (Å²) in [5, 5.41) is 11.1. The highest BCUT2D eigenvalue weighted by Crippen LogP contribution is 2.29. The van der Waals surface area contributed by atoms with Gasteiger partial charge in [-0.05, 0) is 18.6 Å². The van der Waals surface area contributed by atoms with E-state index in [4.69, 9.17) is 9.84 Å². The molecule has 0 aliphatic rings. The molecule has 0 aromatic heterocycles. The molecule has 1 atom stereocenters. The van der Waals surface area contributed by atoms with Gasteiger partial charge in [0.2, 0.25) is 0 Å². The van der Waals surface area contributed by atoms with Gasteiger partial charge in [0.15, 0.2) is 6.61 Å². The van der Waals surface area contributed by atoms with Crippen LogP contribution in [0.15, 0.2) is 54.6 Å². The van der Waals surface area contributed by atoms with E-state index < -0.39 is 17.9 Å². The first-order valence-corrected chi connectivity index (χ1v) is 6.87. The van der Waals surface area contributed by atoms with Crippen molar-refractivity contribution in [1.82, 2.24) is 5.32 Å². The lowest BCUT2D eigenvalue weighted by Gasteiger charge is -2.13. The minimum Gasteiger partial charge on any atom is -0.483 e. The summed E-state index contributed by atoms with van der Waals surface area (Å²) in [6.07, 6.45) is 0. The van der Waals surface area contributed by atoms with E-state index in [9.17, 15) is 9.59 Å². The Labute approximate surface area is 128 Å². The van der Waals surface area contributed by atoms with E-state index in [0.29, 0.717) is 5.75 Å². The quantitative estimate of drug-likeness (QED) is 0.858. The molecule has 0 spiro atoms. The van der Waals surface area contributed by atoms with Crippen LogP contribution in [-0.4, -0.2) is 29.6 Å². The van der Waals surface area contributed by atoms with Crippen molar-refractivity contribution in [2.24, 2.45) is 0 Å². The minimum atomic E-state index is -1.09. The maximum Gasteiger partial charge on any atom is 0.325 e. The second-order valence-corrected chi connectivity index (χ2v) is 4.78. The second kappa shape index (κ2) is 7.26. The van der Waals surface area contributed by atoms with Crippen molar-refractivity contribution in [3.05, 3.63) is 54.6 Å². The summed E-state index contributed by atoms with van der Waals surface area (Å²) in [5.74, 6) is -0.984. The Kier molecular flexibility index (Phi) is 5.14. The summed E-state index contributed by atoms with van der Waals surface area (Å²) in [7, 11) is 0. The molecule has 0 aliphatic heterocycles. The molecule has 0 radical (unpaired) electrons. The SMILES string of the molecule is C[C@@H](NC(=O)COc1ccccc1-c1ccccc1)C(=O)O. The molecule has 0 heterocycles. The predicted octanol–water partition coefficient (Wildman–Crippen LogP) is 2.32. The van der Waals surface area contributed by atoms with E-state index in [2.05, 4.69) is 5.32 Å². The second-order valence-electron chi connectivity index (χ2n) is 4.78. The zero-order valence-electron chi connectivity index (χ0n) is 12.2. The smallest absolute Gasteiger partial charge is 0.325 e. The maximum absolute atomic E-state index is 11.7. The maximum atomic E-state index is 11.7. The molecule has 2 N–H and O–H groups in total. The number of aliphatic carboxylic acids is 1. The first kappa shape index (κ1) is 15.6. The molecule has 5 heteroatoms. The molecule has 2 aromatic carbocycles. The molecule has 2 aromatic rings. The molecular weight excluding hydrogens is 282 g/mol. The summed E-state index contributed by atoms with van der Waals surface area (Å²) >= 11 is 0. The number of para-hydroxylation sites is 1. The van der Waals surface area contributed by atoms with E-state index in [0.717, 1.165) is 11.1 Å². The lowest BCUT2D eigenvalue weighted by atomic mass is 10.1. The molecule has 0 bridgehead atoms. The van der Waals surface area contributed by atoms with Gasteiger partial charge < -0.3 is 15.2 Å². The van der Waals surface area contributed by atoms with Gasteiger partial charge in [-0.15, -0.1) is 0 Å². The molecular formula is C17H17NO4. The Hall–Kier alpha value is -2.82. The van der Waals surface area contributed by atoms with Gasteiger partial charge in [0.1, 0.15) is 11.8 Å². The van der Waals surface area contributed by atoms with Crippen molar-refractivity contribution in [2.45, 2.75) is 13.0 Å². The third-order valence-corrected chi connectivity index (χ3v) is 3.08. The number of nitrogens with one attached hydrogen (secondary N) is 1. The molecule has 22 heavy (non-hydrogen) atoms. The van der Waals surface area contributed by atoms with E-state index in [1.165, 1.54) is 6.92 Å². The van der Waals surface area contributed by atoms with Gasteiger partial charge in [0.05, 0.1) is 0 Å². The fraction of sp³-hybridized carbons (Fsp3) is 0.176. The first-order valence-electron chi connectivity index (χ1n) is 6.87. The number of carboxylic acids is 1. The number of benzene rings is 2. The van der Waals surface area contributed by atoms with Gasteiger partial charge >= 0.3 is 5.97 Å². The zero-order chi connectivity index (χ0) is 15.9. The average molecular weight is 299 g/mol. The van der Waals surface area contributed by atoms with Gasteiger partial charge in [0, 0.05) is 5.56 Å². The van der Waals surface area contributed by atoms with Crippen LogP contribution in [0.1, 0.15) is 6.92 Å². The lowest BCUT2D eigenvalue weighted by Crippen LogP contribution is -2.40. The van der Waals surface area contributed by atoms with Crippen LogP contribution in [0.4, 0.5) is 0 Å².